The third-order valence-corrected chi connectivity index (χ3v) is 7.47. The van der Waals surface area contributed by atoms with Crippen LogP contribution >= 0.6 is 23.1 Å². The largest absolute Gasteiger partial charge is 0.416 e. The normalized spacial score (nSPS) is 12.1. The number of thiophene rings is 1. The van der Waals surface area contributed by atoms with Crippen LogP contribution in [0.15, 0.2) is 69.9 Å². The molecule has 34 heavy (non-hydrogen) atoms. The van der Waals surface area contributed by atoms with Crippen molar-refractivity contribution in [3.63, 3.8) is 0 Å². The summed E-state index contributed by atoms with van der Waals surface area (Å²) in [6, 6.07) is 15.2. The van der Waals surface area contributed by atoms with E-state index in [2.05, 4.69) is 17.1 Å². The Morgan fingerprint density at radius 2 is 1.76 bits per heavy atom. The lowest BCUT2D eigenvalue weighted by molar-refractivity contribution is -0.137. The van der Waals surface area contributed by atoms with E-state index in [0.717, 1.165) is 24.1 Å². The Bertz CT molecular complexity index is 1530. The van der Waals surface area contributed by atoms with Gasteiger partial charge in [-0.2, -0.15) is 13.2 Å². The standard InChI is InChI=1S/C24H19F3N4OS2/c1-2-15-6-8-16(9-7-15)13-30-21(32)20-19(10-11-33-20)31-22(30)28-29-23(31)34-14-17-4-3-5-18(12-17)24(25,26)27/h3-12H,2,13-14H2,1H3. The van der Waals surface area contributed by atoms with Crippen LogP contribution in [0.5, 0.6) is 0 Å². The average molecular weight is 501 g/mol. The molecule has 5 rings (SSSR count). The minimum absolute atomic E-state index is 0.140. The number of hydrogen-bond acceptors (Lipinski definition) is 5. The number of thioether (sulfide) groups is 1. The third kappa shape index (κ3) is 4.23. The molecule has 0 spiro atoms. The van der Waals surface area contributed by atoms with Crippen LogP contribution in [0.25, 0.3) is 16.0 Å². The zero-order valence-corrected chi connectivity index (χ0v) is 19.7. The van der Waals surface area contributed by atoms with Crippen LogP contribution in [0.4, 0.5) is 13.2 Å². The summed E-state index contributed by atoms with van der Waals surface area (Å²) in [6.45, 7) is 2.43. The maximum Gasteiger partial charge on any atom is 0.416 e. The van der Waals surface area contributed by atoms with Crippen LogP contribution in [0.1, 0.15) is 29.2 Å². The smallest absolute Gasteiger partial charge is 0.271 e. The Kier molecular flexibility index (Phi) is 5.95. The lowest BCUT2D eigenvalue weighted by Gasteiger charge is -2.10. The molecule has 5 aromatic rings. The van der Waals surface area contributed by atoms with Gasteiger partial charge in [-0.25, -0.2) is 0 Å². The summed E-state index contributed by atoms with van der Waals surface area (Å²) in [6.07, 6.45) is -3.46. The lowest BCUT2D eigenvalue weighted by atomic mass is 10.1. The molecule has 10 heteroatoms. The van der Waals surface area contributed by atoms with E-state index in [4.69, 9.17) is 0 Å². The first kappa shape index (κ1) is 22.7. The molecule has 0 aliphatic carbocycles. The van der Waals surface area contributed by atoms with Gasteiger partial charge in [0, 0.05) is 5.75 Å². The highest BCUT2D eigenvalue weighted by Crippen LogP contribution is 2.32. The number of hydrogen-bond donors (Lipinski definition) is 0. The number of aromatic nitrogens is 4. The van der Waals surface area contributed by atoms with Crippen LogP contribution in [0.3, 0.4) is 0 Å². The molecule has 0 saturated carbocycles. The highest BCUT2D eigenvalue weighted by atomic mass is 32.2. The van der Waals surface area contributed by atoms with E-state index >= 15 is 0 Å². The van der Waals surface area contributed by atoms with Crippen molar-refractivity contribution >= 4 is 39.1 Å². The minimum atomic E-state index is -4.39. The SMILES string of the molecule is CCc1ccc(Cn2c(=O)c3sccc3n3c(SCc4cccc(C(F)(F)F)c4)nnc23)cc1. The second-order valence-corrected chi connectivity index (χ2v) is 9.66. The van der Waals surface area contributed by atoms with Crippen LogP contribution < -0.4 is 5.56 Å². The Hall–Kier alpha value is -3.11. The van der Waals surface area contributed by atoms with Gasteiger partial charge >= 0.3 is 6.18 Å². The number of nitrogens with zero attached hydrogens (tertiary/aromatic N) is 4. The van der Waals surface area contributed by atoms with Gasteiger partial charge in [-0.3, -0.25) is 13.8 Å². The predicted octanol–water partition coefficient (Wildman–Crippen LogP) is 6.03. The van der Waals surface area contributed by atoms with Gasteiger partial charge in [-0.15, -0.1) is 21.5 Å². The number of benzene rings is 2. The number of aryl methyl sites for hydroxylation is 1. The summed E-state index contributed by atoms with van der Waals surface area (Å²) >= 11 is 2.63. The van der Waals surface area contributed by atoms with Crippen molar-refractivity contribution < 1.29 is 13.2 Å². The van der Waals surface area contributed by atoms with E-state index in [-0.39, 0.29) is 11.3 Å². The second kappa shape index (κ2) is 8.92. The zero-order chi connectivity index (χ0) is 23.9. The van der Waals surface area contributed by atoms with Crippen molar-refractivity contribution in [3.8, 4) is 0 Å². The third-order valence-electron chi connectivity index (χ3n) is 5.58. The van der Waals surface area contributed by atoms with Crippen molar-refractivity contribution in [1.82, 2.24) is 19.2 Å². The van der Waals surface area contributed by atoms with Crippen LogP contribution in [0, 0.1) is 0 Å². The van der Waals surface area contributed by atoms with Crippen molar-refractivity contribution in [2.45, 2.75) is 37.0 Å². The number of rotatable bonds is 6. The molecule has 0 unspecified atom stereocenters. The van der Waals surface area contributed by atoms with Crippen molar-refractivity contribution in [3.05, 3.63) is 92.6 Å². The van der Waals surface area contributed by atoms with Crippen molar-refractivity contribution in [2.24, 2.45) is 0 Å². The van der Waals surface area contributed by atoms with Crippen molar-refractivity contribution in [2.75, 3.05) is 0 Å². The van der Waals surface area contributed by atoms with Gasteiger partial charge in [-0.05, 0) is 40.6 Å². The van der Waals surface area contributed by atoms with E-state index in [1.54, 1.807) is 10.6 Å². The maximum atomic E-state index is 13.2. The topological polar surface area (TPSA) is 52.2 Å². The molecular formula is C24H19F3N4OS2. The summed E-state index contributed by atoms with van der Waals surface area (Å²) in [4.78, 5) is 13.2. The van der Waals surface area contributed by atoms with E-state index in [1.165, 1.54) is 34.7 Å². The molecule has 0 N–H and O–H groups in total. The molecule has 0 aliphatic heterocycles. The fourth-order valence-electron chi connectivity index (χ4n) is 3.78. The number of alkyl halides is 3. The minimum Gasteiger partial charge on any atom is -0.271 e. The first-order valence-corrected chi connectivity index (χ1v) is 12.4. The molecule has 0 bridgehead atoms. The quantitative estimate of drug-likeness (QED) is 0.267. The lowest BCUT2D eigenvalue weighted by Crippen LogP contribution is -2.23. The van der Waals surface area contributed by atoms with Gasteiger partial charge in [0.05, 0.1) is 17.6 Å². The van der Waals surface area contributed by atoms with E-state index in [0.29, 0.717) is 33.3 Å². The summed E-state index contributed by atoms with van der Waals surface area (Å²) in [7, 11) is 0. The van der Waals surface area contributed by atoms with Gasteiger partial charge in [0.25, 0.3) is 5.56 Å². The molecule has 0 aliphatic rings. The highest BCUT2D eigenvalue weighted by Gasteiger charge is 2.30. The van der Waals surface area contributed by atoms with Crippen molar-refractivity contribution in [1.29, 1.82) is 0 Å². The Morgan fingerprint density at radius 1 is 1.00 bits per heavy atom. The molecule has 0 amide bonds. The Balaban J connectivity index is 1.53. The molecule has 3 heterocycles. The summed E-state index contributed by atoms with van der Waals surface area (Å²) in [5.74, 6) is 0.690. The molecular weight excluding hydrogens is 481 g/mol. The molecule has 0 atom stereocenters. The monoisotopic (exact) mass is 500 g/mol. The molecule has 174 valence electrons. The van der Waals surface area contributed by atoms with Crippen LogP contribution in [0.2, 0.25) is 0 Å². The Morgan fingerprint density at radius 3 is 2.50 bits per heavy atom. The van der Waals surface area contributed by atoms with Crippen LogP contribution in [-0.2, 0) is 24.9 Å². The van der Waals surface area contributed by atoms with E-state index < -0.39 is 11.7 Å². The molecule has 0 radical (unpaired) electrons. The summed E-state index contributed by atoms with van der Waals surface area (Å²) in [5.41, 5.74) is 2.59. The van der Waals surface area contributed by atoms with E-state index in [1.807, 2.05) is 40.1 Å². The fourth-order valence-corrected chi connectivity index (χ4v) is 5.49. The fraction of sp³-hybridized carbons (Fsp3) is 0.208. The highest BCUT2D eigenvalue weighted by molar-refractivity contribution is 7.98. The van der Waals surface area contributed by atoms with E-state index in [9.17, 15) is 18.0 Å². The summed E-state index contributed by atoms with van der Waals surface area (Å²) < 4.78 is 43.2. The maximum absolute atomic E-state index is 13.2. The van der Waals surface area contributed by atoms with Gasteiger partial charge in [0.2, 0.25) is 5.78 Å². The number of halogens is 3. The molecule has 3 aromatic heterocycles. The summed E-state index contributed by atoms with van der Waals surface area (Å²) in [5, 5.41) is 10.9. The van der Waals surface area contributed by atoms with Crippen LogP contribution in [-0.4, -0.2) is 19.2 Å². The predicted molar refractivity (Wildman–Crippen MR) is 129 cm³/mol. The van der Waals surface area contributed by atoms with Gasteiger partial charge in [0.15, 0.2) is 5.16 Å². The average Bonchev–Trinajstić information content (AvgIpc) is 3.48. The van der Waals surface area contributed by atoms with Gasteiger partial charge in [0.1, 0.15) is 4.70 Å². The molecule has 0 fully saturated rings. The zero-order valence-electron chi connectivity index (χ0n) is 18.0. The molecule has 0 saturated heterocycles. The first-order valence-electron chi connectivity index (χ1n) is 10.6. The first-order chi connectivity index (χ1) is 16.3. The Labute approximate surface area is 200 Å². The number of fused-ring (bicyclic) bond motifs is 3. The second-order valence-electron chi connectivity index (χ2n) is 7.80. The molecule has 2 aromatic carbocycles. The molecule has 5 nitrogen and oxygen atoms in total. The van der Waals surface area contributed by atoms with Gasteiger partial charge < -0.3 is 0 Å². The van der Waals surface area contributed by atoms with Gasteiger partial charge in [-0.1, -0.05) is 61.2 Å².